The predicted molar refractivity (Wildman–Crippen MR) is 57.2 cm³/mol. The molecular formula is C10H9BrFNO2. The van der Waals surface area contributed by atoms with E-state index in [9.17, 15) is 4.39 Å². The van der Waals surface area contributed by atoms with Crippen molar-refractivity contribution in [2.24, 2.45) is 5.16 Å². The zero-order valence-electron chi connectivity index (χ0n) is 7.78. The zero-order valence-corrected chi connectivity index (χ0v) is 9.37. The fraction of sp³-hybridized carbons (Fsp3) is 0.300. The highest BCUT2D eigenvalue weighted by atomic mass is 79.9. The molecule has 0 spiro atoms. The first-order chi connectivity index (χ1) is 7.20. The van der Waals surface area contributed by atoms with Crippen molar-refractivity contribution < 1.29 is 14.3 Å². The summed E-state index contributed by atoms with van der Waals surface area (Å²) in [6, 6.07) is 4.39. The lowest BCUT2D eigenvalue weighted by atomic mass is 10.1. The number of hydrogen-bond donors (Lipinski definition) is 1. The quantitative estimate of drug-likeness (QED) is 0.897. The van der Waals surface area contributed by atoms with Gasteiger partial charge in [0.05, 0.1) is 12.3 Å². The molecule has 80 valence electrons. The molecule has 0 saturated heterocycles. The average Bonchev–Trinajstić information content (AvgIpc) is 2.66. The van der Waals surface area contributed by atoms with Crippen LogP contribution in [0, 0.1) is 5.82 Å². The largest absolute Gasteiger partial charge is 0.392 e. The van der Waals surface area contributed by atoms with E-state index in [-0.39, 0.29) is 18.5 Å². The molecular weight excluding hydrogens is 265 g/mol. The van der Waals surface area contributed by atoms with Gasteiger partial charge in [0.2, 0.25) is 0 Å². The number of aliphatic hydroxyl groups excluding tert-OH is 1. The summed E-state index contributed by atoms with van der Waals surface area (Å²) in [6.45, 7) is -0.0637. The SMILES string of the molecule is OCC1CC(c2ccc(F)cc2Br)=NO1. The minimum absolute atomic E-state index is 0.0637. The lowest BCUT2D eigenvalue weighted by Gasteiger charge is -2.03. The molecule has 0 amide bonds. The Morgan fingerprint density at radius 1 is 1.60 bits per heavy atom. The summed E-state index contributed by atoms with van der Waals surface area (Å²) >= 11 is 3.26. The number of rotatable bonds is 2. The fourth-order valence-corrected chi connectivity index (χ4v) is 1.99. The van der Waals surface area contributed by atoms with E-state index >= 15 is 0 Å². The molecule has 1 aliphatic heterocycles. The van der Waals surface area contributed by atoms with Gasteiger partial charge < -0.3 is 9.94 Å². The van der Waals surface area contributed by atoms with Crippen LogP contribution in [0.3, 0.4) is 0 Å². The van der Waals surface area contributed by atoms with Crippen LogP contribution in [0.4, 0.5) is 4.39 Å². The van der Waals surface area contributed by atoms with E-state index in [1.54, 1.807) is 6.07 Å². The van der Waals surface area contributed by atoms with Crippen LogP contribution in [0.2, 0.25) is 0 Å². The van der Waals surface area contributed by atoms with Crippen molar-refractivity contribution in [3.05, 3.63) is 34.1 Å². The van der Waals surface area contributed by atoms with Crippen LogP contribution in [-0.4, -0.2) is 23.5 Å². The van der Waals surface area contributed by atoms with Gasteiger partial charge in [-0.15, -0.1) is 0 Å². The zero-order chi connectivity index (χ0) is 10.8. The van der Waals surface area contributed by atoms with E-state index in [1.807, 2.05) is 0 Å². The van der Waals surface area contributed by atoms with Crippen LogP contribution in [0.5, 0.6) is 0 Å². The maximum absolute atomic E-state index is 12.8. The predicted octanol–water partition coefficient (Wildman–Crippen LogP) is 2.07. The molecule has 1 aliphatic rings. The van der Waals surface area contributed by atoms with Crippen molar-refractivity contribution in [2.75, 3.05) is 6.61 Å². The van der Waals surface area contributed by atoms with Crippen molar-refractivity contribution in [1.29, 1.82) is 0 Å². The van der Waals surface area contributed by atoms with Crippen LogP contribution in [-0.2, 0) is 4.84 Å². The summed E-state index contributed by atoms with van der Waals surface area (Å²) in [6.07, 6.45) is 0.262. The molecule has 1 atom stereocenters. The molecule has 0 radical (unpaired) electrons. The molecule has 1 aromatic carbocycles. The molecule has 15 heavy (non-hydrogen) atoms. The minimum Gasteiger partial charge on any atom is -0.392 e. The molecule has 1 heterocycles. The molecule has 0 fully saturated rings. The van der Waals surface area contributed by atoms with Gasteiger partial charge in [-0.25, -0.2) is 4.39 Å². The van der Waals surface area contributed by atoms with Gasteiger partial charge in [0.25, 0.3) is 0 Å². The smallest absolute Gasteiger partial charge is 0.156 e. The van der Waals surface area contributed by atoms with Gasteiger partial charge in [-0.2, -0.15) is 0 Å². The van der Waals surface area contributed by atoms with Gasteiger partial charge in [-0.1, -0.05) is 21.1 Å². The summed E-state index contributed by atoms with van der Waals surface area (Å²) in [5.41, 5.74) is 1.52. The van der Waals surface area contributed by atoms with Crippen molar-refractivity contribution in [3.8, 4) is 0 Å². The number of halogens is 2. The Kier molecular flexibility index (Phi) is 3.02. The van der Waals surface area contributed by atoms with E-state index in [1.165, 1.54) is 12.1 Å². The Bertz CT molecular complexity index is 408. The van der Waals surface area contributed by atoms with Crippen molar-refractivity contribution in [2.45, 2.75) is 12.5 Å². The van der Waals surface area contributed by atoms with Crippen molar-refractivity contribution in [1.82, 2.24) is 0 Å². The first-order valence-corrected chi connectivity index (χ1v) is 5.29. The first kappa shape index (κ1) is 10.6. The van der Waals surface area contributed by atoms with Crippen LogP contribution in [0.25, 0.3) is 0 Å². The van der Waals surface area contributed by atoms with E-state index in [0.717, 1.165) is 11.3 Å². The lowest BCUT2D eigenvalue weighted by Crippen LogP contribution is -2.13. The van der Waals surface area contributed by atoms with Gasteiger partial charge in [0.15, 0.2) is 6.10 Å². The Labute approximate surface area is 94.7 Å². The third-order valence-corrected chi connectivity index (χ3v) is 2.83. The molecule has 1 unspecified atom stereocenters. The summed E-state index contributed by atoms with van der Waals surface area (Å²) < 4.78 is 13.5. The lowest BCUT2D eigenvalue weighted by molar-refractivity contribution is 0.0390. The molecule has 0 saturated carbocycles. The number of nitrogens with zero attached hydrogens (tertiary/aromatic N) is 1. The molecule has 2 rings (SSSR count). The highest BCUT2D eigenvalue weighted by Crippen LogP contribution is 2.24. The fourth-order valence-electron chi connectivity index (χ4n) is 1.41. The van der Waals surface area contributed by atoms with Crippen LogP contribution >= 0.6 is 15.9 Å². The molecule has 0 bridgehead atoms. The standard InChI is InChI=1S/C10H9BrFNO2/c11-9-3-6(12)1-2-8(9)10-4-7(5-14)15-13-10/h1-3,7,14H,4-5H2. The third kappa shape index (κ3) is 2.18. The Hall–Kier alpha value is -0.940. The number of hydrogen-bond acceptors (Lipinski definition) is 3. The summed E-state index contributed by atoms with van der Waals surface area (Å²) in [5.74, 6) is -0.302. The van der Waals surface area contributed by atoms with Gasteiger partial charge in [-0.05, 0) is 18.2 Å². The van der Waals surface area contributed by atoms with Crippen LogP contribution in [0.1, 0.15) is 12.0 Å². The molecule has 5 heteroatoms. The normalized spacial score (nSPS) is 19.9. The van der Waals surface area contributed by atoms with Crippen LogP contribution in [0.15, 0.2) is 27.8 Å². The van der Waals surface area contributed by atoms with E-state index in [0.29, 0.717) is 10.9 Å². The molecule has 1 N–H and O–H groups in total. The highest BCUT2D eigenvalue weighted by Gasteiger charge is 2.22. The monoisotopic (exact) mass is 273 g/mol. The summed E-state index contributed by atoms with van der Waals surface area (Å²) in [4.78, 5) is 4.98. The third-order valence-electron chi connectivity index (χ3n) is 2.18. The van der Waals surface area contributed by atoms with Gasteiger partial charge in [0, 0.05) is 16.5 Å². The second-order valence-electron chi connectivity index (χ2n) is 3.28. The van der Waals surface area contributed by atoms with Crippen molar-refractivity contribution >= 4 is 21.6 Å². The number of benzene rings is 1. The second-order valence-corrected chi connectivity index (χ2v) is 4.13. The molecule has 1 aromatic rings. The van der Waals surface area contributed by atoms with E-state index in [4.69, 9.17) is 9.94 Å². The molecule has 0 aliphatic carbocycles. The Morgan fingerprint density at radius 3 is 3.00 bits per heavy atom. The summed E-state index contributed by atoms with van der Waals surface area (Å²) in [7, 11) is 0. The van der Waals surface area contributed by atoms with Crippen molar-refractivity contribution in [3.63, 3.8) is 0 Å². The van der Waals surface area contributed by atoms with E-state index < -0.39 is 0 Å². The average molecular weight is 274 g/mol. The maximum Gasteiger partial charge on any atom is 0.156 e. The maximum atomic E-state index is 12.8. The molecule has 0 aromatic heterocycles. The Balaban J connectivity index is 2.24. The number of aliphatic hydroxyl groups is 1. The van der Waals surface area contributed by atoms with E-state index in [2.05, 4.69) is 21.1 Å². The van der Waals surface area contributed by atoms with Crippen LogP contribution < -0.4 is 0 Å². The highest BCUT2D eigenvalue weighted by molar-refractivity contribution is 9.10. The van der Waals surface area contributed by atoms with Gasteiger partial charge in [-0.3, -0.25) is 0 Å². The summed E-state index contributed by atoms with van der Waals surface area (Å²) in [5, 5.41) is 12.7. The number of oxime groups is 1. The first-order valence-electron chi connectivity index (χ1n) is 4.49. The van der Waals surface area contributed by atoms with Gasteiger partial charge >= 0.3 is 0 Å². The second kappa shape index (κ2) is 4.28. The Morgan fingerprint density at radius 2 is 2.40 bits per heavy atom. The topological polar surface area (TPSA) is 41.8 Å². The minimum atomic E-state index is -0.302. The molecule has 3 nitrogen and oxygen atoms in total. The van der Waals surface area contributed by atoms with Gasteiger partial charge in [0.1, 0.15) is 5.82 Å².